The van der Waals surface area contributed by atoms with Crippen LogP contribution < -0.4 is 0 Å². The van der Waals surface area contributed by atoms with Gasteiger partial charge in [0.1, 0.15) is 28.0 Å². The fourth-order valence-electron chi connectivity index (χ4n) is 10.5. The molecule has 266 valence electrons. The van der Waals surface area contributed by atoms with E-state index in [1.807, 2.05) is 18.2 Å². The number of para-hydroxylation sites is 2. The topological polar surface area (TPSA) is 61.4 Å². The Hall–Kier alpha value is -7.96. The van der Waals surface area contributed by atoms with Crippen molar-refractivity contribution in [2.24, 2.45) is 0 Å². The third kappa shape index (κ3) is 3.39. The van der Waals surface area contributed by atoms with Crippen LogP contribution in [0.15, 0.2) is 167 Å². The van der Waals surface area contributed by atoms with Crippen LogP contribution in [0.5, 0.6) is 0 Å². The number of hydrogen-bond donors (Lipinski definition) is 0. The molecule has 0 saturated heterocycles. The van der Waals surface area contributed by atoms with E-state index < -0.39 is 0 Å². The first kappa shape index (κ1) is 29.3. The summed E-state index contributed by atoms with van der Waals surface area (Å²) in [6.07, 6.45) is 0. The Morgan fingerprint density at radius 1 is 0.379 bits per heavy atom. The molecule has 0 fully saturated rings. The Morgan fingerprint density at radius 3 is 1.83 bits per heavy atom. The second kappa shape index (κ2) is 10.1. The third-order valence-corrected chi connectivity index (χ3v) is 12.8. The van der Waals surface area contributed by atoms with Crippen molar-refractivity contribution in [3.63, 3.8) is 0 Å². The maximum absolute atomic E-state index is 6.70. The molecule has 0 aliphatic rings. The molecule has 6 nitrogen and oxygen atoms in total. The predicted octanol–water partition coefficient (Wildman–Crippen LogP) is 13.9. The van der Waals surface area contributed by atoms with E-state index in [2.05, 4.69) is 148 Å². The van der Waals surface area contributed by atoms with Crippen molar-refractivity contribution < 1.29 is 8.83 Å². The number of benzene rings is 9. The van der Waals surface area contributed by atoms with Gasteiger partial charge in [0.25, 0.3) is 0 Å². The van der Waals surface area contributed by atoms with E-state index in [4.69, 9.17) is 18.8 Å². The second-order valence-electron chi connectivity index (χ2n) is 15.6. The van der Waals surface area contributed by atoms with Gasteiger partial charge in [0.15, 0.2) is 5.58 Å². The molecule has 0 radical (unpaired) electrons. The summed E-state index contributed by atoms with van der Waals surface area (Å²) < 4.78 is 18.0. The lowest BCUT2D eigenvalue weighted by atomic mass is 9.93. The van der Waals surface area contributed by atoms with E-state index in [1.165, 1.54) is 59.5 Å². The Morgan fingerprint density at radius 2 is 1.00 bits per heavy atom. The van der Waals surface area contributed by atoms with Gasteiger partial charge in [-0.05, 0) is 86.9 Å². The number of fused-ring (bicyclic) bond motifs is 13. The van der Waals surface area contributed by atoms with Gasteiger partial charge in [0.2, 0.25) is 5.95 Å². The van der Waals surface area contributed by atoms with E-state index in [9.17, 15) is 0 Å². The Labute approximate surface area is 327 Å². The molecule has 6 heteroatoms. The van der Waals surface area contributed by atoms with Crippen LogP contribution >= 0.6 is 0 Å². The van der Waals surface area contributed by atoms with E-state index in [-0.39, 0.29) is 0 Å². The molecule has 15 rings (SSSR count). The zero-order valence-corrected chi connectivity index (χ0v) is 30.6. The van der Waals surface area contributed by atoms with Crippen LogP contribution in [0.2, 0.25) is 0 Å². The first-order chi connectivity index (χ1) is 28.8. The molecule has 58 heavy (non-hydrogen) atoms. The zero-order chi connectivity index (χ0) is 37.4. The van der Waals surface area contributed by atoms with E-state index >= 15 is 0 Å². The van der Waals surface area contributed by atoms with Crippen LogP contribution in [0, 0.1) is 0 Å². The highest BCUT2D eigenvalue weighted by molar-refractivity contribution is 6.37. The molecule has 0 unspecified atom stereocenters. The molecular weight excluding hydrogens is 713 g/mol. The number of furan rings is 2. The smallest absolute Gasteiger partial charge is 0.236 e. The van der Waals surface area contributed by atoms with Crippen LogP contribution in [0.1, 0.15) is 0 Å². The summed E-state index contributed by atoms with van der Waals surface area (Å²) in [7, 11) is 0. The minimum absolute atomic E-state index is 0.590. The third-order valence-electron chi connectivity index (χ3n) is 12.8. The molecule has 6 heterocycles. The van der Waals surface area contributed by atoms with E-state index in [0.717, 1.165) is 71.6 Å². The average Bonchev–Trinajstić information content (AvgIpc) is 4.01. The van der Waals surface area contributed by atoms with Crippen LogP contribution in [-0.2, 0) is 0 Å². The second-order valence-corrected chi connectivity index (χ2v) is 15.6. The molecule has 0 N–H and O–H groups in total. The zero-order valence-electron chi connectivity index (χ0n) is 30.6. The number of hydrogen-bond acceptors (Lipinski definition) is 4. The van der Waals surface area contributed by atoms with Gasteiger partial charge in [-0.1, -0.05) is 103 Å². The fraction of sp³-hybridized carbons (Fsp3) is 0. The summed E-state index contributed by atoms with van der Waals surface area (Å²) in [6, 6.07) is 56.2. The molecule has 0 amide bonds. The van der Waals surface area contributed by atoms with Crippen molar-refractivity contribution in [2.45, 2.75) is 0 Å². The summed E-state index contributed by atoms with van der Waals surface area (Å²) in [5.74, 6) is 0.590. The Balaban J connectivity index is 1.12. The van der Waals surface area contributed by atoms with Crippen LogP contribution in [0.4, 0.5) is 0 Å². The van der Waals surface area contributed by atoms with Crippen molar-refractivity contribution in [3.05, 3.63) is 158 Å². The van der Waals surface area contributed by atoms with Crippen LogP contribution in [0.3, 0.4) is 0 Å². The van der Waals surface area contributed by atoms with E-state index in [1.54, 1.807) is 0 Å². The van der Waals surface area contributed by atoms with Gasteiger partial charge in [-0.15, -0.1) is 0 Å². The number of rotatable bonds is 2. The molecule has 15 aromatic rings. The monoisotopic (exact) mass is 738 g/mol. The molecule has 6 aromatic heterocycles. The van der Waals surface area contributed by atoms with Crippen molar-refractivity contribution >= 4 is 125 Å². The summed E-state index contributed by atoms with van der Waals surface area (Å²) in [5, 5.41) is 15.3. The normalized spacial score (nSPS) is 12.8. The maximum Gasteiger partial charge on any atom is 0.236 e. The molecule has 9 aromatic carbocycles. The van der Waals surface area contributed by atoms with Crippen molar-refractivity contribution in [2.75, 3.05) is 0 Å². The average molecular weight is 739 g/mol. The lowest BCUT2D eigenvalue weighted by molar-refractivity contribution is 0.666. The fourth-order valence-corrected chi connectivity index (χ4v) is 10.5. The van der Waals surface area contributed by atoms with Gasteiger partial charge in [-0.2, -0.15) is 0 Å². The highest BCUT2D eigenvalue weighted by atomic mass is 16.3. The summed E-state index contributed by atoms with van der Waals surface area (Å²) in [4.78, 5) is 11.0. The molecule has 0 aliphatic carbocycles. The standard InChI is InChI=1S/C52H26N4O2/c1-2-12-30-28(10-1)29-11-3-4-13-31(29)36-26-27(20-21-32(30)36)48-51-49(35-15-6-8-18-41(35)58-51)54-52(53-48)56-39-24-25-43-47-44-38(17-9-19-42(44)57-43)55-37-16-7-5-14-33(37)34-22-23-40(56)46(45(39)47)50(34)55/h1-26H. The van der Waals surface area contributed by atoms with Crippen LogP contribution in [0.25, 0.3) is 143 Å². The molecule has 0 bridgehead atoms. The first-order valence-electron chi connectivity index (χ1n) is 19.7. The predicted molar refractivity (Wildman–Crippen MR) is 237 cm³/mol. The molecule has 0 atom stereocenters. The maximum atomic E-state index is 6.70. The molecule has 0 saturated carbocycles. The molecular formula is C52H26N4O2. The highest BCUT2D eigenvalue weighted by Crippen LogP contribution is 2.49. The minimum atomic E-state index is 0.590. The summed E-state index contributed by atoms with van der Waals surface area (Å²) in [6.45, 7) is 0. The summed E-state index contributed by atoms with van der Waals surface area (Å²) in [5.41, 5.74) is 11.3. The number of aromatic nitrogens is 4. The molecule has 0 aliphatic heterocycles. The van der Waals surface area contributed by atoms with Crippen molar-refractivity contribution in [1.29, 1.82) is 0 Å². The van der Waals surface area contributed by atoms with Gasteiger partial charge in [-0.3, -0.25) is 4.57 Å². The lowest BCUT2D eigenvalue weighted by Crippen LogP contribution is -2.03. The van der Waals surface area contributed by atoms with Gasteiger partial charge >= 0.3 is 0 Å². The first-order valence-corrected chi connectivity index (χ1v) is 19.7. The summed E-state index contributed by atoms with van der Waals surface area (Å²) >= 11 is 0. The van der Waals surface area contributed by atoms with Gasteiger partial charge in [-0.25, -0.2) is 9.97 Å². The van der Waals surface area contributed by atoms with E-state index in [0.29, 0.717) is 11.5 Å². The quantitative estimate of drug-likeness (QED) is 0.166. The minimum Gasteiger partial charge on any atom is -0.456 e. The lowest BCUT2D eigenvalue weighted by Gasteiger charge is -2.13. The Kier molecular flexibility index (Phi) is 5.09. The van der Waals surface area contributed by atoms with Crippen LogP contribution in [-0.4, -0.2) is 18.9 Å². The SMILES string of the molecule is c1ccc2c(c1)oc1c(-c3ccc4c5ccccc5c5ccccc5c4c3)nc(-n3c4ccc5oc6cccc7c6c5c4c4c3ccc3c5ccccc5n7c34)nc12. The molecule has 0 spiro atoms. The Bertz CT molecular complexity index is 4240. The van der Waals surface area contributed by atoms with Crippen molar-refractivity contribution in [1.82, 2.24) is 18.9 Å². The van der Waals surface area contributed by atoms with Gasteiger partial charge in [0, 0.05) is 37.9 Å². The highest BCUT2D eigenvalue weighted by Gasteiger charge is 2.28. The largest absolute Gasteiger partial charge is 0.456 e. The van der Waals surface area contributed by atoms with Gasteiger partial charge in [0.05, 0.1) is 33.0 Å². The van der Waals surface area contributed by atoms with Gasteiger partial charge < -0.3 is 13.2 Å². The number of nitrogens with zero attached hydrogens (tertiary/aromatic N) is 4. The van der Waals surface area contributed by atoms with Crippen molar-refractivity contribution in [3.8, 4) is 17.2 Å².